The lowest BCUT2D eigenvalue weighted by atomic mass is 9.69. The summed E-state index contributed by atoms with van der Waals surface area (Å²) < 4.78 is 13.1. The SMILES string of the molecule is CC1CCCC12OC(c1ccc(C(C)(C)C)cc1)c1c(C3CCOCC3)nc3c(c12)C(O)CC(C)(C)C3. The van der Waals surface area contributed by atoms with E-state index in [4.69, 9.17) is 14.5 Å². The fourth-order valence-corrected chi connectivity index (χ4v) is 7.75. The summed E-state index contributed by atoms with van der Waals surface area (Å²) in [4.78, 5) is 5.47. The predicted molar refractivity (Wildman–Crippen MR) is 147 cm³/mol. The highest BCUT2D eigenvalue weighted by Gasteiger charge is 2.56. The Labute approximate surface area is 223 Å². The van der Waals surface area contributed by atoms with Crippen LogP contribution in [-0.4, -0.2) is 23.3 Å². The summed E-state index contributed by atoms with van der Waals surface area (Å²) in [5.74, 6) is 0.795. The van der Waals surface area contributed by atoms with Crippen molar-refractivity contribution in [1.29, 1.82) is 0 Å². The molecule has 1 spiro atoms. The molecule has 6 rings (SSSR count). The van der Waals surface area contributed by atoms with Gasteiger partial charge in [-0.1, -0.05) is 65.8 Å². The Morgan fingerprint density at radius 3 is 2.32 bits per heavy atom. The molecule has 4 heteroatoms. The summed E-state index contributed by atoms with van der Waals surface area (Å²) >= 11 is 0. The Morgan fingerprint density at radius 1 is 1.00 bits per heavy atom. The van der Waals surface area contributed by atoms with E-state index in [-0.39, 0.29) is 22.5 Å². The van der Waals surface area contributed by atoms with E-state index in [0.717, 1.165) is 56.6 Å². The van der Waals surface area contributed by atoms with Crippen molar-refractivity contribution in [2.75, 3.05) is 13.2 Å². The van der Waals surface area contributed by atoms with Gasteiger partial charge in [-0.05, 0) is 78.4 Å². The molecule has 2 aromatic rings. The standard InChI is InChI=1S/C33H45NO3/c1-20-8-7-15-33(20)28-26-24(18-32(5,6)19-25(26)35)34-29(21-13-16-36-17-14-21)27(28)30(37-33)22-9-11-23(12-10-22)31(2,3)4/h9-12,20-21,25,30,35H,7-8,13-19H2,1-6H3. The highest BCUT2D eigenvalue weighted by Crippen LogP contribution is 2.61. The van der Waals surface area contributed by atoms with Crippen LogP contribution in [0.4, 0.5) is 0 Å². The first kappa shape index (κ1) is 25.5. The fourth-order valence-electron chi connectivity index (χ4n) is 7.75. The second-order valence-corrected chi connectivity index (χ2v) is 14.1. The van der Waals surface area contributed by atoms with Crippen LogP contribution in [0.2, 0.25) is 0 Å². The monoisotopic (exact) mass is 503 g/mol. The molecular formula is C33H45NO3. The van der Waals surface area contributed by atoms with Crippen LogP contribution in [0.5, 0.6) is 0 Å². The highest BCUT2D eigenvalue weighted by molar-refractivity contribution is 5.55. The topological polar surface area (TPSA) is 51.6 Å². The lowest BCUT2D eigenvalue weighted by molar-refractivity contribution is -0.0842. The smallest absolute Gasteiger partial charge is 0.111 e. The van der Waals surface area contributed by atoms with Gasteiger partial charge in [0.1, 0.15) is 6.10 Å². The summed E-state index contributed by atoms with van der Waals surface area (Å²) in [6.45, 7) is 15.3. The predicted octanol–water partition coefficient (Wildman–Crippen LogP) is 7.41. The summed E-state index contributed by atoms with van der Waals surface area (Å²) in [5, 5.41) is 11.7. The zero-order valence-electron chi connectivity index (χ0n) is 23.7. The van der Waals surface area contributed by atoms with Crippen molar-refractivity contribution in [2.45, 2.75) is 116 Å². The molecule has 4 atom stereocenters. The van der Waals surface area contributed by atoms with Crippen molar-refractivity contribution in [2.24, 2.45) is 11.3 Å². The van der Waals surface area contributed by atoms with Gasteiger partial charge < -0.3 is 14.6 Å². The van der Waals surface area contributed by atoms with Crippen molar-refractivity contribution in [3.05, 3.63) is 63.5 Å². The second kappa shape index (κ2) is 8.89. The van der Waals surface area contributed by atoms with Crippen molar-refractivity contribution in [1.82, 2.24) is 4.98 Å². The Balaban J connectivity index is 1.59. The number of fused-ring (bicyclic) bond motifs is 4. The number of pyridine rings is 1. The molecule has 1 saturated heterocycles. The molecule has 1 aromatic heterocycles. The molecule has 37 heavy (non-hydrogen) atoms. The maximum absolute atomic E-state index is 11.7. The number of aromatic nitrogens is 1. The van der Waals surface area contributed by atoms with Crippen LogP contribution in [0.15, 0.2) is 24.3 Å². The van der Waals surface area contributed by atoms with E-state index in [0.29, 0.717) is 11.8 Å². The molecule has 1 saturated carbocycles. The van der Waals surface area contributed by atoms with E-state index in [2.05, 4.69) is 65.8 Å². The molecule has 4 aliphatic rings. The Kier molecular flexibility index (Phi) is 6.14. The molecule has 0 radical (unpaired) electrons. The van der Waals surface area contributed by atoms with Crippen LogP contribution >= 0.6 is 0 Å². The van der Waals surface area contributed by atoms with Gasteiger partial charge in [-0.15, -0.1) is 0 Å². The maximum Gasteiger partial charge on any atom is 0.111 e. The lowest BCUT2D eigenvalue weighted by Crippen LogP contribution is -2.34. The van der Waals surface area contributed by atoms with Crippen molar-refractivity contribution in [3.8, 4) is 0 Å². The number of aliphatic hydroxyl groups excluding tert-OH is 1. The zero-order valence-corrected chi connectivity index (χ0v) is 23.7. The summed E-state index contributed by atoms with van der Waals surface area (Å²) in [6, 6.07) is 9.11. The Morgan fingerprint density at radius 2 is 1.70 bits per heavy atom. The average Bonchev–Trinajstić information content (AvgIpc) is 3.38. The van der Waals surface area contributed by atoms with Crippen LogP contribution in [0.1, 0.15) is 137 Å². The molecule has 0 amide bonds. The summed E-state index contributed by atoms with van der Waals surface area (Å²) in [6.07, 6.45) is 6.43. The molecule has 0 bridgehead atoms. The number of hydrogen-bond donors (Lipinski definition) is 1. The quantitative estimate of drug-likeness (QED) is 0.463. The summed E-state index contributed by atoms with van der Waals surface area (Å²) in [7, 11) is 0. The van der Waals surface area contributed by atoms with Gasteiger partial charge in [-0.3, -0.25) is 4.98 Å². The van der Waals surface area contributed by atoms with Crippen LogP contribution in [0, 0.1) is 11.3 Å². The van der Waals surface area contributed by atoms with Gasteiger partial charge in [0.15, 0.2) is 0 Å². The first-order valence-corrected chi connectivity index (χ1v) is 14.6. The molecule has 1 N–H and O–H groups in total. The minimum atomic E-state index is -0.487. The maximum atomic E-state index is 11.7. The molecule has 4 unspecified atom stereocenters. The summed E-state index contributed by atoms with van der Waals surface area (Å²) in [5.41, 5.74) is 8.41. The van der Waals surface area contributed by atoms with Gasteiger partial charge in [0.2, 0.25) is 0 Å². The lowest BCUT2D eigenvalue weighted by Gasteiger charge is -2.39. The van der Waals surface area contributed by atoms with Crippen molar-refractivity contribution < 1.29 is 14.6 Å². The van der Waals surface area contributed by atoms with E-state index >= 15 is 0 Å². The minimum absolute atomic E-state index is 0.0384. The van der Waals surface area contributed by atoms with Gasteiger partial charge in [-0.2, -0.15) is 0 Å². The third-order valence-corrected chi connectivity index (χ3v) is 9.79. The molecular weight excluding hydrogens is 458 g/mol. The van der Waals surface area contributed by atoms with Crippen LogP contribution in [-0.2, 0) is 26.9 Å². The van der Waals surface area contributed by atoms with Crippen LogP contribution < -0.4 is 0 Å². The highest BCUT2D eigenvalue weighted by atomic mass is 16.5. The van der Waals surface area contributed by atoms with Gasteiger partial charge in [0, 0.05) is 36.0 Å². The average molecular weight is 504 g/mol. The first-order chi connectivity index (χ1) is 17.5. The van der Waals surface area contributed by atoms with E-state index in [1.54, 1.807) is 0 Å². The van der Waals surface area contributed by atoms with E-state index < -0.39 is 6.10 Å². The largest absolute Gasteiger partial charge is 0.388 e. The Hall–Kier alpha value is -1.75. The fraction of sp³-hybridized carbons (Fsp3) is 0.667. The van der Waals surface area contributed by atoms with Gasteiger partial charge in [0.25, 0.3) is 0 Å². The van der Waals surface area contributed by atoms with Gasteiger partial charge in [0.05, 0.1) is 17.4 Å². The van der Waals surface area contributed by atoms with Crippen molar-refractivity contribution in [3.63, 3.8) is 0 Å². The van der Waals surface area contributed by atoms with E-state index in [1.165, 1.54) is 40.8 Å². The number of nitrogens with zero attached hydrogens (tertiary/aromatic N) is 1. The number of hydrogen-bond acceptors (Lipinski definition) is 4. The molecule has 200 valence electrons. The third-order valence-electron chi connectivity index (χ3n) is 9.79. The molecule has 4 nitrogen and oxygen atoms in total. The molecule has 2 aliphatic heterocycles. The van der Waals surface area contributed by atoms with E-state index in [9.17, 15) is 5.11 Å². The van der Waals surface area contributed by atoms with E-state index in [1.807, 2.05) is 0 Å². The number of rotatable bonds is 2. The normalized spacial score (nSPS) is 31.5. The van der Waals surface area contributed by atoms with Gasteiger partial charge >= 0.3 is 0 Å². The number of aliphatic hydroxyl groups is 1. The Bertz CT molecular complexity index is 1170. The first-order valence-electron chi connectivity index (χ1n) is 14.6. The molecule has 2 fully saturated rings. The minimum Gasteiger partial charge on any atom is -0.388 e. The zero-order chi connectivity index (χ0) is 26.2. The molecule has 2 aliphatic carbocycles. The third kappa shape index (κ3) is 4.19. The van der Waals surface area contributed by atoms with Crippen LogP contribution in [0.25, 0.3) is 0 Å². The number of benzene rings is 1. The van der Waals surface area contributed by atoms with Crippen LogP contribution in [0.3, 0.4) is 0 Å². The van der Waals surface area contributed by atoms with Gasteiger partial charge in [-0.25, -0.2) is 0 Å². The molecule has 3 heterocycles. The van der Waals surface area contributed by atoms with Crippen molar-refractivity contribution >= 4 is 0 Å². The number of ether oxygens (including phenoxy) is 2. The second-order valence-electron chi connectivity index (χ2n) is 14.1. The molecule has 1 aromatic carbocycles.